The Kier molecular flexibility index (Phi) is 5.54. The summed E-state index contributed by atoms with van der Waals surface area (Å²) in [6.07, 6.45) is 3.40. The molecule has 0 atom stereocenters. The van der Waals surface area contributed by atoms with Gasteiger partial charge in [0.15, 0.2) is 0 Å². The fourth-order valence-electron chi connectivity index (χ4n) is 3.92. The van der Waals surface area contributed by atoms with Crippen molar-refractivity contribution in [1.29, 1.82) is 0 Å². The Bertz CT molecular complexity index is 674. The zero-order valence-corrected chi connectivity index (χ0v) is 15.3. The van der Waals surface area contributed by atoms with Crippen LogP contribution in [-0.4, -0.2) is 42.9 Å². The molecule has 132 valence electrons. The molecule has 1 aliphatic rings. The molecule has 1 amide bonds. The van der Waals surface area contributed by atoms with Crippen LogP contribution in [0.1, 0.15) is 30.4 Å². The number of carbonyl (C=O) groups excluding carboxylic acids is 1. The van der Waals surface area contributed by atoms with Crippen molar-refractivity contribution in [3.8, 4) is 0 Å². The molecule has 3 nitrogen and oxygen atoms in total. The molecule has 0 aromatic heterocycles. The normalized spacial score (nSPS) is 16.8. The van der Waals surface area contributed by atoms with E-state index < -0.39 is 0 Å². The van der Waals surface area contributed by atoms with Crippen LogP contribution in [0.4, 0.5) is 0 Å². The molecule has 0 spiro atoms. The summed E-state index contributed by atoms with van der Waals surface area (Å²) in [5.74, 6) is 0.282. The van der Waals surface area contributed by atoms with Crippen LogP contribution in [0, 0.1) is 0 Å². The van der Waals surface area contributed by atoms with E-state index >= 15 is 0 Å². The van der Waals surface area contributed by atoms with Crippen molar-refractivity contribution in [2.24, 2.45) is 0 Å². The highest BCUT2D eigenvalue weighted by atomic mass is 16.2. The maximum absolute atomic E-state index is 12.6. The number of piperidine rings is 1. The summed E-state index contributed by atoms with van der Waals surface area (Å²) in [5, 5.41) is 0. The monoisotopic (exact) mass is 336 g/mol. The van der Waals surface area contributed by atoms with Crippen molar-refractivity contribution < 1.29 is 4.79 Å². The van der Waals surface area contributed by atoms with Crippen LogP contribution in [-0.2, 0) is 16.8 Å². The first-order chi connectivity index (χ1) is 12.1. The lowest BCUT2D eigenvalue weighted by Crippen LogP contribution is -2.51. The lowest BCUT2D eigenvalue weighted by molar-refractivity contribution is -0.133. The van der Waals surface area contributed by atoms with Gasteiger partial charge in [0.2, 0.25) is 5.91 Å². The molecule has 3 rings (SSSR count). The van der Waals surface area contributed by atoms with E-state index in [0.29, 0.717) is 6.42 Å². The van der Waals surface area contributed by atoms with Crippen LogP contribution in [0.15, 0.2) is 60.7 Å². The Morgan fingerprint density at radius 1 is 0.960 bits per heavy atom. The third-order valence-electron chi connectivity index (χ3n) is 5.58. The van der Waals surface area contributed by atoms with Crippen LogP contribution >= 0.6 is 0 Å². The smallest absolute Gasteiger partial charge is 0.222 e. The second-order valence-corrected chi connectivity index (χ2v) is 7.16. The predicted octanol–water partition coefficient (Wildman–Crippen LogP) is 3.70. The van der Waals surface area contributed by atoms with Gasteiger partial charge in [-0.25, -0.2) is 0 Å². The number of benzene rings is 2. The summed E-state index contributed by atoms with van der Waals surface area (Å²) in [4.78, 5) is 17.0. The Morgan fingerprint density at radius 2 is 1.52 bits per heavy atom. The van der Waals surface area contributed by atoms with Gasteiger partial charge in [0, 0.05) is 25.0 Å². The molecule has 2 aromatic carbocycles. The highest BCUT2D eigenvalue weighted by Crippen LogP contribution is 2.37. The van der Waals surface area contributed by atoms with Gasteiger partial charge in [-0.15, -0.1) is 0 Å². The van der Waals surface area contributed by atoms with E-state index in [9.17, 15) is 4.79 Å². The molecule has 0 bridgehead atoms. The molecule has 0 unspecified atom stereocenters. The molecule has 1 fully saturated rings. The molecule has 1 saturated heterocycles. The van der Waals surface area contributed by atoms with Gasteiger partial charge < -0.3 is 4.90 Å². The topological polar surface area (TPSA) is 23.6 Å². The third kappa shape index (κ3) is 3.93. The SMILES string of the molecule is CN(C)C1(c2ccccc2)CCN(C(=O)CCc2ccccc2)CC1. The van der Waals surface area contributed by atoms with Gasteiger partial charge in [0.25, 0.3) is 0 Å². The van der Waals surface area contributed by atoms with Crippen molar-refractivity contribution >= 4 is 5.91 Å². The van der Waals surface area contributed by atoms with Crippen molar-refractivity contribution in [3.63, 3.8) is 0 Å². The van der Waals surface area contributed by atoms with Crippen molar-refractivity contribution in [3.05, 3.63) is 71.8 Å². The maximum Gasteiger partial charge on any atom is 0.222 e. The van der Waals surface area contributed by atoms with Gasteiger partial charge in [-0.05, 0) is 44.5 Å². The first-order valence-corrected chi connectivity index (χ1v) is 9.16. The van der Waals surface area contributed by atoms with Crippen molar-refractivity contribution in [2.75, 3.05) is 27.2 Å². The Morgan fingerprint density at radius 3 is 2.08 bits per heavy atom. The second-order valence-electron chi connectivity index (χ2n) is 7.16. The summed E-state index contributed by atoms with van der Waals surface area (Å²) < 4.78 is 0. The second kappa shape index (κ2) is 7.83. The molecule has 25 heavy (non-hydrogen) atoms. The Balaban J connectivity index is 1.61. The van der Waals surface area contributed by atoms with Crippen molar-refractivity contribution in [2.45, 2.75) is 31.2 Å². The van der Waals surface area contributed by atoms with Crippen molar-refractivity contribution in [1.82, 2.24) is 9.80 Å². The molecule has 1 heterocycles. The molecular weight excluding hydrogens is 308 g/mol. The average Bonchev–Trinajstić information content (AvgIpc) is 2.67. The first-order valence-electron chi connectivity index (χ1n) is 9.16. The number of hydrogen-bond donors (Lipinski definition) is 0. The fourth-order valence-corrected chi connectivity index (χ4v) is 3.92. The lowest BCUT2D eigenvalue weighted by Gasteiger charge is -2.46. The lowest BCUT2D eigenvalue weighted by atomic mass is 9.79. The summed E-state index contributed by atoms with van der Waals surface area (Å²) in [6, 6.07) is 21.0. The highest BCUT2D eigenvalue weighted by Gasteiger charge is 2.38. The molecule has 2 aromatic rings. The fraction of sp³-hybridized carbons (Fsp3) is 0.409. The zero-order chi connectivity index (χ0) is 17.7. The van der Waals surface area contributed by atoms with Crippen LogP contribution < -0.4 is 0 Å². The third-order valence-corrected chi connectivity index (χ3v) is 5.58. The van der Waals surface area contributed by atoms with Gasteiger partial charge in [-0.1, -0.05) is 60.7 Å². The van der Waals surface area contributed by atoms with Gasteiger partial charge in [0.05, 0.1) is 0 Å². The Hall–Kier alpha value is -2.13. The Labute approximate surface area is 151 Å². The number of carbonyl (C=O) groups is 1. The largest absolute Gasteiger partial charge is 0.343 e. The van der Waals surface area contributed by atoms with Gasteiger partial charge in [-0.3, -0.25) is 9.69 Å². The van der Waals surface area contributed by atoms with E-state index in [1.807, 2.05) is 23.1 Å². The summed E-state index contributed by atoms with van der Waals surface area (Å²) in [5.41, 5.74) is 2.63. The molecule has 0 aliphatic carbocycles. The van der Waals surface area contributed by atoms with E-state index in [1.165, 1.54) is 11.1 Å². The van der Waals surface area contributed by atoms with Crippen LogP contribution in [0.25, 0.3) is 0 Å². The van der Waals surface area contributed by atoms with E-state index in [0.717, 1.165) is 32.4 Å². The molecule has 0 N–H and O–H groups in total. The molecule has 1 aliphatic heterocycles. The van der Waals surface area contributed by atoms with E-state index in [-0.39, 0.29) is 11.4 Å². The minimum Gasteiger partial charge on any atom is -0.343 e. The summed E-state index contributed by atoms with van der Waals surface area (Å²) in [6.45, 7) is 1.67. The molecule has 0 radical (unpaired) electrons. The van der Waals surface area contributed by atoms with Gasteiger partial charge in [0.1, 0.15) is 0 Å². The molecular formula is C22H28N2O. The highest BCUT2D eigenvalue weighted by molar-refractivity contribution is 5.76. The predicted molar refractivity (Wildman–Crippen MR) is 102 cm³/mol. The quantitative estimate of drug-likeness (QED) is 0.831. The minimum atomic E-state index is 0.0392. The van der Waals surface area contributed by atoms with Gasteiger partial charge >= 0.3 is 0 Å². The first kappa shape index (κ1) is 17.7. The number of amides is 1. The van der Waals surface area contributed by atoms with E-state index in [2.05, 4.69) is 61.5 Å². The summed E-state index contributed by atoms with van der Waals surface area (Å²) in [7, 11) is 4.31. The minimum absolute atomic E-state index is 0.0392. The van der Waals surface area contributed by atoms with E-state index in [4.69, 9.17) is 0 Å². The number of rotatable bonds is 5. The molecule has 3 heteroatoms. The van der Waals surface area contributed by atoms with Crippen LogP contribution in [0.5, 0.6) is 0 Å². The number of aryl methyl sites for hydroxylation is 1. The standard InChI is InChI=1S/C22H28N2O/c1-23(2)22(20-11-7-4-8-12-20)15-17-24(18-16-22)21(25)14-13-19-9-5-3-6-10-19/h3-12H,13-18H2,1-2H3. The van der Waals surface area contributed by atoms with Gasteiger partial charge in [-0.2, -0.15) is 0 Å². The van der Waals surface area contributed by atoms with Crippen LogP contribution in [0.3, 0.4) is 0 Å². The maximum atomic E-state index is 12.6. The van der Waals surface area contributed by atoms with Crippen LogP contribution in [0.2, 0.25) is 0 Å². The average molecular weight is 336 g/mol. The summed E-state index contributed by atoms with van der Waals surface area (Å²) >= 11 is 0. The number of nitrogens with zero attached hydrogens (tertiary/aromatic N) is 2. The number of likely N-dealkylation sites (tertiary alicyclic amines) is 1. The molecule has 0 saturated carbocycles. The number of hydrogen-bond acceptors (Lipinski definition) is 2. The van der Waals surface area contributed by atoms with E-state index in [1.54, 1.807) is 0 Å². The zero-order valence-electron chi connectivity index (χ0n) is 15.3.